The fourth-order valence-electron chi connectivity index (χ4n) is 1.57. The number of aryl methyl sites for hydroxylation is 1. The summed E-state index contributed by atoms with van der Waals surface area (Å²) in [6.45, 7) is 3.61. The number of thiophene rings is 1. The van der Waals surface area contributed by atoms with Gasteiger partial charge in [-0.05, 0) is 13.8 Å². The standard InChI is InChI=1S/C12H12N2O4S2/c1-7-10(19-6-13-7)3-4-18-12-9(14(16)17)5-11(20-12)8(2)15/h5-6H,3-4H2,1-2H3. The number of Topliss-reactive ketones (excluding diaryl/α,β-unsaturated/α-hetero) is 1. The SMILES string of the molecule is CC(=O)c1cc([N+](=O)[O-])c(OCCc2scnc2C)s1. The molecule has 0 bridgehead atoms. The zero-order chi connectivity index (χ0) is 14.7. The Morgan fingerprint density at radius 1 is 1.55 bits per heavy atom. The normalized spacial score (nSPS) is 10.5. The van der Waals surface area contributed by atoms with E-state index in [1.165, 1.54) is 24.3 Å². The minimum Gasteiger partial charge on any atom is -0.479 e. The Hall–Kier alpha value is -1.80. The Morgan fingerprint density at radius 2 is 2.30 bits per heavy atom. The van der Waals surface area contributed by atoms with Gasteiger partial charge in [-0.1, -0.05) is 11.3 Å². The van der Waals surface area contributed by atoms with E-state index in [9.17, 15) is 14.9 Å². The van der Waals surface area contributed by atoms with E-state index in [1.54, 1.807) is 5.51 Å². The summed E-state index contributed by atoms with van der Waals surface area (Å²) in [5.74, 6) is -0.203. The van der Waals surface area contributed by atoms with Gasteiger partial charge in [0, 0.05) is 17.4 Å². The molecule has 0 radical (unpaired) electrons. The average Bonchev–Trinajstić information content (AvgIpc) is 2.97. The number of hydrogen-bond donors (Lipinski definition) is 0. The first-order chi connectivity index (χ1) is 9.49. The quantitative estimate of drug-likeness (QED) is 0.464. The smallest absolute Gasteiger partial charge is 0.323 e. The topological polar surface area (TPSA) is 82.3 Å². The summed E-state index contributed by atoms with van der Waals surface area (Å²) in [5, 5.41) is 11.1. The summed E-state index contributed by atoms with van der Waals surface area (Å²) >= 11 is 2.54. The van der Waals surface area contributed by atoms with Gasteiger partial charge in [0.15, 0.2) is 5.78 Å². The highest BCUT2D eigenvalue weighted by Gasteiger charge is 2.22. The summed E-state index contributed by atoms with van der Waals surface area (Å²) in [5.41, 5.74) is 2.55. The van der Waals surface area contributed by atoms with Crippen LogP contribution < -0.4 is 4.74 Å². The van der Waals surface area contributed by atoms with E-state index in [0.29, 0.717) is 17.9 Å². The lowest BCUT2D eigenvalue weighted by Crippen LogP contribution is -2.01. The van der Waals surface area contributed by atoms with Gasteiger partial charge in [0.2, 0.25) is 0 Å². The number of aromatic nitrogens is 1. The third-order valence-electron chi connectivity index (χ3n) is 2.63. The molecule has 106 valence electrons. The monoisotopic (exact) mass is 312 g/mol. The van der Waals surface area contributed by atoms with Crippen LogP contribution >= 0.6 is 22.7 Å². The highest BCUT2D eigenvalue weighted by Crippen LogP contribution is 2.37. The zero-order valence-electron chi connectivity index (χ0n) is 10.9. The van der Waals surface area contributed by atoms with Crippen molar-refractivity contribution in [1.29, 1.82) is 0 Å². The molecule has 6 nitrogen and oxygen atoms in total. The van der Waals surface area contributed by atoms with Crippen molar-refractivity contribution in [3.05, 3.63) is 37.1 Å². The van der Waals surface area contributed by atoms with Gasteiger partial charge in [-0.2, -0.15) is 0 Å². The lowest BCUT2D eigenvalue weighted by atomic mass is 10.3. The molecular formula is C12H12N2O4S2. The van der Waals surface area contributed by atoms with Gasteiger partial charge in [0.05, 0.1) is 27.6 Å². The van der Waals surface area contributed by atoms with Gasteiger partial charge in [-0.25, -0.2) is 4.98 Å². The Kier molecular flexibility index (Phi) is 4.46. The molecule has 0 aliphatic rings. The molecule has 2 heterocycles. The number of thiazole rings is 1. The van der Waals surface area contributed by atoms with Crippen molar-refractivity contribution >= 4 is 34.1 Å². The molecule has 0 aromatic carbocycles. The number of ether oxygens (including phenoxy) is 1. The molecule has 20 heavy (non-hydrogen) atoms. The van der Waals surface area contributed by atoms with Crippen LogP contribution in [0.4, 0.5) is 5.69 Å². The number of nitro groups is 1. The molecule has 2 aromatic heterocycles. The molecule has 0 atom stereocenters. The van der Waals surface area contributed by atoms with E-state index in [1.807, 2.05) is 6.92 Å². The third kappa shape index (κ3) is 3.20. The Bertz CT molecular complexity index is 648. The predicted molar refractivity (Wildman–Crippen MR) is 77.0 cm³/mol. The minimum absolute atomic E-state index is 0.152. The molecule has 0 fully saturated rings. The zero-order valence-corrected chi connectivity index (χ0v) is 12.5. The molecule has 0 aliphatic heterocycles. The Morgan fingerprint density at radius 3 is 2.85 bits per heavy atom. The molecule has 0 saturated heterocycles. The van der Waals surface area contributed by atoms with Crippen molar-refractivity contribution in [3.63, 3.8) is 0 Å². The van der Waals surface area contributed by atoms with Crippen LogP contribution in [-0.4, -0.2) is 22.3 Å². The first-order valence-electron chi connectivity index (χ1n) is 5.80. The van der Waals surface area contributed by atoms with Crippen LogP contribution in [0, 0.1) is 17.0 Å². The second-order valence-corrected chi connectivity index (χ2v) is 6.01. The highest BCUT2D eigenvalue weighted by atomic mass is 32.1. The van der Waals surface area contributed by atoms with Crippen LogP contribution in [0.15, 0.2) is 11.6 Å². The number of rotatable bonds is 6. The molecule has 0 aliphatic carbocycles. The van der Waals surface area contributed by atoms with Gasteiger partial charge in [-0.15, -0.1) is 11.3 Å². The first-order valence-corrected chi connectivity index (χ1v) is 7.49. The van der Waals surface area contributed by atoms with Crippen LogP contribution in [0.3, 0.4) is 0 Å². The number of hydrogen-bond acceptors (Lipinski definition) is 7. The van der Waals surface area contributed by atoms with Crippen molar-refractivity contribution in [2.24, 2.45) is 0 Å². The summed E-state index contributed by atoms with van der Waals surface area (Å²) in [7, 11) is 0. The number of carbonyl (C=O) groups is 1. The summed E-state index contributed by atoms with van der Waals surface area (Å²) in [4.78, 5) is 27.2. The van der Waals surface area contributed by atoms with Crippen LogP contribution in [0.1, 0.15) is 27.2 Å². The number of ketones is 1. The molecule has 0 spiro atoms. The van der Waals surface area contributed by atoms with Crippen LogP contribution in [0.5, 0.6) is 5.06 Å². The highest BCUT2D eigenvalue weighted by molar-refractivity contribution is 7.16. The van der Waals surface area contributed by atoms with Crippen molar-refractivity contribution in [3.8, 4) is 5.06 Å². The van der Waals surface area contributed by atoms with Gasteiger partial charge < -0.3 is 4.74 Å². The average molecular weight is 312 g/mol. The fourth-order valence-corrected chi connectivity index (χ4v) is 3.23. The van der Waals surface area contributed by atoms with Gasteiger partial charge in [-0.3, -0.25) is 14.9 Å². The third-order valence-corrected chi connectivity index (χ3v) is 4.76. The van der Waals surface area contributed by atoms with E-state index >= 15 is 0 Å². The lowest BCUT2D eigenvalue weighted by molar-refractivity contribution is -0.385. The number of nitrogens with zero attached hydrogens (tertiary/aromatic N) is 2. The molecule has 0 amide bonds. The van der Waals surface area contributed by atoms with Crippen LogP contribution in [-0.2, 0) is 6.42 Å². The Balaban J connectivity index is 2.07. The fraction of sp³-hybridized carbons (Fsp3) is 0.333. The van der Waals surface area contributed by atoms with Crippen LogP contribution in [0.2, 0.25) is 0 Å². The first kappa shape index (κ1) is 14.6. The van der Waals surface area contributed by atoms with E-state index in [2.05, 4.69) is 4.98 Å². The Labute approximate surface area is 123 Å². The molecule has 0 unspecified atom stereocenters. The van der Waals surface area contributed by atoms with Crippen molar-refractivity contribution in [2.75, 3.05) is 6.61 Å². The lowest BCUT2D eigenvalue weighted by Gasteiger charge is -2.02. The molecule has 8 heteroatoms. The summed E-state index contributed by atoms with van der Waals surface area (Å²) in [6, 6.07) is 1.26. The molecule has 0 N–H and O–H groups in total. The summed E-state index contributed by atoms with van der Waals surface area (Å²) in [6.07, 6.45) is 0.640. The van der Waals surface area contributed by atoms with Gasteiger partial charge in [0.1, 0.15) is 0 Å². The van der Waals surface area contributed by atoms with E-state index in [0.717, 1.165) is 21.9 Å². The predicted octanol–water partition coefficient (Wildman–Crippen LogP) is 3.25. The van der Waals surface area contributed by atoms with E-state index in [4.69, 9.17) is 4.74 Å². The second kappa shape index (κ2) is 6.10. The maximum absolute atomic E-state index is 11.3. The van der Waals surface area contributed by atoms with Crippen LogP contribution in [0.25, 0.3) is 0 Å². The van der Waals surface area contributed by atoms with Gasteiger partial charge >= 0.3 is 5.69 Å². The molecule has 2 rings (SSSR count). The van der Waals surface area contributed by atoms with Crippen molar-refractivity contribution in [1.82, 2.24) is 4.98 Å². The maximum atomic E-state index is 11.3. The number of carbonyl (C=O) groups excluding carboxylic acids is 1. The molecule has 0 saturated carbocycles. The maximum Gasteiger partial charge on any atom is 0.323 e. The van der Waals surface area contributed by atoms with Crippen molar-refractivity contribution in [2.45, 2.75) is 20.3 Å². The molecule has 2 aromatic rings. The molecular weight excluding hydrogens is 300 g/mol. The largest absolute Gasteiger partial charge is 0.479 e. The van der Waals surface area contributed by atoms with E-state index in [-0.39, 0.29) is 16.5 Å². The van der Waals surface area contributed by atoms with E-state index < -0.39 is 4.92 Å². The van der Waals surface area contributed by atoms with Gasteiger partial charge in [0.25, 0.3) is 5.06 Å². The minimum atomic E-state index is -0.532. The van der Waals surface area contributed by atoms with Crippen molar-refractivity contribution < 1.29 is 14.5 Å². The second-order valence-electron chi connectivity index (χ2n) is 4.06. The summed E-state index contributed by atoms with van der Waals surface area (Å²) < 4.78 is 5.46.